The molecular weight excluding hydrogens is 336 g/mol. The molecule has 0 radical (unpaired) electrons. The highest BCUT2D eigenvalue weighted by Crippen LogP contribution is 2.25. The largest absolute Gasteiger partial charge is 0.350 e. The van der Waals surface area contributed by atoms with Crippen LogP contribution in [0.25, 0.3) is 0 Å². The lowest BCUT2D eigenvalue weighted by atomic mass is 9.83. The van der Waals surface area contributed by atoms with Crippen molar-refractivity contribution >= 4 is 5.91 Å². The van der Waals surface area contributed by atoms with E-state index < -0.39 is 0 Å². The van der Waals surface area contributed by atoms with Crippen LogP contribution in [0, 0.1) is 11.8 Å². The van der Waals surface area contributed by atoms with E-state index in [4.69, 9.17) is 5.10 Å². The number of hydrogen-bond donors (Lipinski definition) is 1. The molecule has 144 valence electrons. The second-order valence-corrected chi connectivity index (χ2v) is 8.41. The Kier molecular flexibility index (Phi) is 5.30. The van der Waals surface area contributed by atoms with Crippen LogP contribution in [0.1, 0.15) is 42.8 Å². The Labute approximate surface area is 161 Å². The molecule has 1 N–H and O–H groups in total. The third-order valence-electron chi connectivity index (χ3n) is 5.71. The summed E-state index contributed by atoms with van der Waals surface area (Å²) < 4.78 is 2.11. The molecule has 2 aromatic rings. The molecule has 1 aromatic heterocycles. The third-order valence-corrected chi connectivity index (χ3v) is 5.71. The van der Waals surface area contributed by atoms with E-state index in [2.05, 4.69) is 59.1 Å². The summed E-state index contributed by atoms with van der Waals surface area (Å²) in [5.41, 5.74) is 4.96. The van der Waals surface area contributed by atoms with Gasteiger partial charge in [-0.1, -0.05) is 38.1 Å². The van der Waals surface area contributed by atoms with Crippen molar-refractivity contribution in [3.05, 3.63) is 52.8 Å². The second-order valence-electron chi connectivity index (χ2n) is 8.41. The van der Waals surface area contributed by atoms with Crippen LogP contribution < -0.4 is 5.32 Å². The van der Waals surface area contributed by atoms with Gasteiger partial charge in [0.1, 0.15) is 0 Å². The second kappa shape index (κ2) is 7.85. The lowest BCUT2D eigenvalue weighted by molar-refractivity contribution is -0.125. The van der Waals surface area contributed by atoms with Gasteiger partial charge >= 0.3 is 0 Å². The maximum Gasteiger partial charge on any atom is 0.223 e. The van der Waals surface area contributed by atoms with Gasteiger partial charge in [0.05, 0.1) is 24.5 Å². The van der Waals surface area contributed by atoms with Gasteiger partial charge in [-0.15, -0.1) is 0 Å². The van der Waals surface area contributed by atoms with E-state index in [1.807, 2.05) is 0 Å². The van der Waals surface area contributed by atoms with Crippen molar-refractivity contribution in [3.63, 3.8) is 0 Å². The predicted molar refractivity (Wildman–Crippen MR) is 106 cm³/mol. The third kappa shape index (κ3) is 4.24. The molecule has 4 rings (SSSR count). The summed E-state index contributed by atoms with van der Waals surface area (Å²) in [6, 6.07) is 10.6. The Morgan fingerprint density at radius 3 is 2.89 bits per heavy atom. The van der Waals surface area contributed by atoms with Crippen LogP contribution in [0.4, 0.5) is 0 Å². The van der Waals surface area contributed by atoms with Crippen molar-refractivity contribution in [2.24, 2.45) is 11.8 Å². The number of aryl methyl sites for hydroxylation is 1. The van der Waals surface area contributed by atoms with Crippen molar-refractivity contribution in [2.75, 3.05) is 13.1 Å². The van der Waals surface area contributed by atoms with Gasteiger partial charge in [-0.2, -0.15) is 5.10 Å². The van der Waals surface area contributed by atoms with Crippen LogP contribution in [0.15, 0.2) is 30.3 Å². The molecule has 2 heterocycles. The molecule has 5 nitrogen and oxygen atoms in total. The molecule has 0 fully saturated rings. The van der Waals surface area contributed by atoms with Gasteiger partial charge in [0, 0.05) is 25.6 Å². The van der Waals surface area contributed by atoms with Gasteiger partial charge in [-0.3, -0.25) is 14.4 Å². The minimum Gasteiger partial charge on any atom is -0.350 e. The quantitative estimate of drug-likeness (QED) is 0.885. The number of hydrogen-bond acceptors (Lipinski definition) is 3. The molecule has 1 aliphatic heterocycles. The molecule has 0 saturated heterocycles. The molecule has 1 aromatic carbocycles. The van der Waals surface area contributed by atoms with E-state index in [1.54, 1.807) is 0 Å². The maximum absolute atomic E-state index is 12.6. The van der Waals surface area contributed by atoms with E-state index in [-0.39, 0.29) is 11.8 Å². The first-order chi connectivity index (χ1) is 13.1. The Morgan fingerprint density at radius 2 is 2.07 bits per heavy atom. The summed E-state index contributed by atoms with van der Waals surface area (Å²) in [5.74, 6) is 0.925. The van der Waals surface area contributed by atoms with Crippen LogP contribution in [-0.2, 0) is 37.3 Å². The number of carbonyl (C=O) groups is 1. The van der Waals surface area contributed by atoms with E-state index in [9.17, 15) is 4.79 Å². The highest BCUT2D eigenvalue weighted by atomic mass is 16.1. The predicted octanol–water partition coefficient (Wildman–Crippen LogP) is 2.78. The van der Waals surface area contributed by atoms with Crippen LogP contribution in [-0.4, -0.2) is 33.7 Å². The minimum atomic E-state index is 0.0821. The Bertz CT molecular complexity index is 810. The van der Waals surface area contributed by atoms with Crippen molar-refractivity contribution < 1.29 is 4.79 Å². The van der Waals surface area contributed by atoms with Crippen LogP contribution in [0.3, 0.4) is 0 Å². The fraction of sp³-hybridized carbons (Fsp3) is 0.545. The van der Waals surface area contributed by atoms with Crippen LogP contribution in [0.2, 0.25) is 0 Å². The molecule has 2 aliphatic rings. The first kappa shape index (κ1) is 18.2. The number of carbonyl (C=O) groups excluding carboxylic acids is 1. The monoisotopic (exact) mass is 366 g/mol. The average Bonchev–Trinajstić information content (AvgIpc) is 3.07. The normalized spacial score (nSPS) is 19.6. The molecular formula is C22H30N4O. The van der Waals surface area contributed by atoms with E-state index in [1.165, 1.54) is 16.8 Å². The van der Waals surface area contributed by atoms with Crippen molar-refractivity contribution in [1.29, 1.82) is 0 Å². The summed E-state index contributed by atoms with van der Waals surface area (Å²) in [5, 5.41) is 7.82. The average molecular weight is 367 g/mol. The highest BCUT2D eigenvalue weighted by Gasteiger charge is 2.25. The molecule has 1 amide bonds. The van der Waals surface area contributed by atoms with Crippen LogP contribution in [0.5, 0.6) is 0 Å². The first-order valence-electron chi connectivity index (χ1n) is 10.2. The molecule has 0 unspecified atom stereocenters. The smallest absolute Gasteiger partial charge is 0.223 e. The number of aromatic nitrogens is 2. The Balaban J connectivity index is 1.32. The van der Waals surface area contributed by atoms with Gasteiger partial charge in [0.15, 0.2) is 0 Å². The summed E-state index contributed by atoms with van der Waals surface area (Å²) in [7, 11) is 0. The van der Waals surface area contributed by atoms with Gasteiger partial charge in [0.2, 0.25) is 5.91 Å². The molecule has 0 saturated carbocycles. The zero-order valence-corrected chi connectivity index (χ0v) is 16.4. The molecule has 5 heteroatoms. The number of amides is 1. The van der Waals surface area contributed by atoms with Crippen molar-refractivity contribution in [1.82, 2.24) is 20.0 Å². The standard InChI is InChI=1S/C22H30N4O/c1-16(2)14-25-9-10-26-21(15-25)12-20(24-26)13-23-22(27)19-8-7-17-5-3-4-6-18(17)11-19/h3-6,12,16,19H,7-11,13-15H2,1-2H3,(H,23,27)/t19-/m0/s1. The van der Waals surface area contributed by atoms with Crippen molar-refractivity contribution in [3.8, 4) is 0 Å². The minimum absolute atomic E-state index is 0.0821. The fourth-order valence-electron chi connectivity index (χ4n) is 4.38. The summed E-state index contributed by atoms with van der Waals surface area (Å²) in [4.78, 5) is 15.1. The SMILES string of the molecule is CC(C)CN1CCn2nc(CNC(=O)[C@H]3CCc4ccccc4C3)cc2C1. The van der Waals surface area contributed by atoms with Crippen molar-refractivity contribution in [2.45, 2.75) is 52.7 Å². The van der Waals surface area contributed by atoms with E-state index in [0.717, 1.165) is 51.1 Å². The highest BCUT2D eigenvalue weighted by molar-refractivity contribution is 5.79. The summed E-state index contributed by atoms with van der Waals surface area (Å²) in [6.07, 6.45) is 2.79. The van der Waals surface area contributed by atoms with Gasteiger partial charge in [-0.05, 0) is 42.4 Å². The lowest BCUT2D eigenvalue weighted by Crippen LogP contribution is -2.36. The topological polar surface area (TPSA) is 50.2 Å². The summed E-state index contributed by atoms with van der Waals surface area (Å²) in [6.45, 7) is 9.13. The molecule has 27 heavy (non-hydrogen) atoms. The first-order valence-corrected chi connectivity index (χ1v) is 10.2. The number of benzene rings is 1. The van der Waals surface area contributed by atoms with E-state index in [0.29, 0.717) is 12.5 Å². The molecule has 0 spiro atoms. The molecule has 0 bridgehead atoms. The number of fused-ring (bicyclic) bond motifs is 2. The maximum atomic E-state index is 12.6. The number of rotatable bonds is 5. The fourth-order valence-corrected chi connectivity index (χ4v) is 4.38. The summed E-state index contributed by atoms with van der Waals surface area (Å²) >= 11 is 0. The molecule has 1 atom stereocenters. The molecule has 1 aliphatic carbocycles. The Morgan fingerprint density at radius 1 is 1.26 bits per heavy atom. The zero-order valence-electron chi connectivity index (χ0n) is 16.4. The van der Waals surface area contributed by atoms with Crippen LogP contribution >= 0.6 is 0 Å². The lowest BCUT2D eigenvalue weighted by Gasteiger charge is -2.28. The van der Waals surface area contributed by atoms with E-state index >= 15 is 0 Å². The van der Waals surface area contributed by atoms with Gasteiger partial charge in [0.25, 0.3) is 0 Å². The zero-order chi connectivity index (χ0) is 18.8. The van der Waals surface area contributed by atoms with Gasteiger partial charge < -0.3 is 5.32 Å². The number of nitrogens with zero attached hydrogens (tertiary/aromatic N) is 3. The van der Waals surface area contributed by atoms with Gasteiger partial charge in [-0.25, -0.2) is 0 Å². The number of nitrogens with one attached hydrogen (secondary N) is 1. The Hall–Kier alpha value is -2.14.